The number of carbonyl (C=O) groups excluding carboxylic acids is 1. The molecule has 0 bridgehead atoms. The Morgan fingerprint density at radius 1 is 1.64 bits per heavy atom. The minimum absolute atomic E-state index is 0.0299. The Morgan fingerprint density at radius 3 is 2.73 bits per heavy atom. The molecule has 0 heterocycles. The molecule has 1 saturated carbocycles. The highest BCUT2D eigenvalue weighted by Crippen LogP contribution is 2.39. The maximum absolute atomic E-state index is 11.5. The molecule has 0 aromatic carbocycles. The van der Waals surface area contributed by atoms with Gasteiger partial charge in [-0.05, 0) is 19.3 Å². The third-order valence-electron chi connectivity index (χ3n) is 2.68. The summed E-state index contributed by atoms with van der Waals surface area (Å²) < 4.78 is 0. The summed E-state index contributed by atoms with van der Waals surface area (Å²) in [5, 5.41) is 0. The van der Waals surface area contributed by atoms with E-state index in [1.807, 2.05) is 0 Å². The normalized spacial score (nSPS) is 31.3. The van der Waals surface area contributed by atoms with Crippen LogP contribution in [-0.2, 0) is 4.79 Å². The lowest BCUT2D eigenvalue weighted by Gasteiger charge is -2.23. The van der Waals surface area contributed by atoms with Crippen LogP contribution in [-0.4, -0.2) is 11.5 Å². The van der Waals surface area contributed by atoms with Gasteiger partial charge in [-0.3, -0.25) is 4.79 Å². The van der Waals surface area contributed by atoms with Crippen molar-refractivity contribution < 1.29 is 4.79 Å². The molecule has 1 atom stereocenters. The maximum atomic E-state index is 11.5. The molecule has 0 saturated heterocycles. The minimum Gasteiger partial charge on any atom is -0.299 e. The summed E-state index contributed by atoms with van der Waals surface area (Å²) in [4.78, 5) is 11.5. The molecule has 1 unspecified atom stereocenters. The smallest absolute Gasteiger partial charge is 0.139 e. The summed E-state index contributed by atoms with van der Waals surface area (Å²) in [6.07, 6.45) is 5.09. The van der Waals surface area contributed by atoms with Gasteiger partial charge in [-0.15, -0.1) is 0 Å². The first-order valence-electron chi connectivity index (χ1n) is 4.39. The Bertz CT molecular complexity index is 156. The van der Waals surface area contributed by atoms with E-state index in [2.05, 4.69) is 19.6 Å². The standard InChI is InChI=1S/C9H16OS/c1-2-5-9(7-11)6-3-4-8(9)10/h11H,2-7H2,1H3. The molecule has 2 heteroatoms. The van der Waals surface area contributed by atoms with Gasteiger partial charge in [-0.25, -0.2) is 0 Å². The lowest BCUT2D eigenvalue weighted by Crippen LogP contribution is -2.27. The van der Waals surface area contributed by atoms with Crippen LogP contribution in [0.5, 0.6) is 0 Å². The summed E-state index contributed by atoms with van der Waals surface area (Å²) in [6.45, 7) is 2.14. The number of carbonyl (C=O) groups is 1. The Kier molecular flexibility index (Phi) is 2.99. The highest BCUT2D eigenvalue weighted by molar-refractivity contribution is 7.80. The van der Waals surface area contributed by atoms with Crippen LogP contribution in [0.2, 0.25) is 0 Å². The van der Waals surface area contributed by atoms with Crippen LogP contribution in [0.3, 0.4) is 0 Å². The van der Waals surface area contributed by atoms with E-state index in [9.17, 15) is 4.79 Å². The number of hydrogen-bond acceptors (Lipinski definition) is 2. The second-order valence-electron chi connectivity index (χ2n) is 3.47. The van der Waals surface area contributed by atoms with Gasteiger partial charge in [0.05, 0.1) is 0 Å². The monoisotopic (exact) mass is 172 g/mol. The molecular weight excluding hydrogens is 156 g/mol. The largest absolute Gasteiger partial charge is 0.299 e. The van der Waals surface area contributed by atoms with Crippen LogP contribution >= 0.6 is 12.6 Å². The summed E-state index contributed by atoms with van der Waals surface area (Å²) in [5.74, 6) is 1.20. The van der Waals surface area contributed by atoms with E-state index < -0.39 is 0 Å². The van der Waals surface area contributed by atoms with Gasteiger partial charge in [0.2, 0.25) is 0 Å². The summed E-state index contributed by atoms with van der Waals surface area (Å²) in [5.41, 5.74) is -0.0299. The molecule has 0 aliphatic heterocycles. The maximum Gasteiger partial charge on any atom is 0.139 e. The van der Waals surface area contributed by atoms with E-state index in [0.717, 1.165) is 37.9 Å². The lowest BCUT2D eigenvalue weighted by atomic mass is 9.83. The van der Waals surface area contributed by atoms with Crippen molar-refractivity contribution in [2.24, 2.45) is 5.41 Å². The van der Waals surface area contributed by atoms with Crippen LogP contribution in [0, 0.1) is 5.41 Å². The zero-order chi connectivity index (χ0) is 8.32. The molecule has 0 radical (unpaired) electrons. The molecule has 0 amide bonds. The molecule has 11 heavy (non-hydrogen) atoms. The van der Waals surface area contributed by atoms with Crippen molar-refractivity contribution in [2.45, 2.75) is 39.0 Å². The zero-order valence-electron chi connectivity index (χ0n) is 7.10. The van der Waals surface area contributed by atoms with Crippen molar-refractivity contribution >= 4 is 18.4 Å². The first kappa shape index (κ1) is 9.11. The average Bonchev–Trinajstić information content (AvgIpc) is 2.35. The predicted octanol–water partition coefficient (Wildman–Crippen LogP) is 2.46. The van der Waals surface area contributed by atoms with Crippen molar-refractivity contribution in [3.05, 3.63) is 0 Å². The number of rotatable bonds is 3. The first-order valence-corrected chi connectivity index (χ1v) is 5.02. The van der Waals surface area contributed by atoms with E-state index in [4.69, 9.17) is 0 Å². The zero-order valence-corrected chi connectivity index (χ0v) is 7.99. The Morgan fingerprint density at radius 2 is 2.36 bits per heavy atom. The molecule has 0 aromatic heterocycles. The SMILES string of the molecule is CCCC1(CS)CCCC1=O. The average molecular weight is 172 g/mol. The summed E-state index contributed by atoms with van der Waals surface area (Å²) in [6, 6.07) is 0. The number of ketones is 1. The second-order valence-corrected chi connectivity index (χ2v) is 3.78. The van der Waals surface area contributed by atoms with Crippen LogP contribution < -0.4 is 0 Å². The predicted molar refractivity (Wildman–Crippen MR) is 50.1 cm³/mol. The molecule has 1 aliphatic rings. The molecule has 1 nitrogen and oxygen atoms in total. The highest BCUT2D eigenvalue weighted by Gasteiger charge is 2.39. The molecule has 0 spiro atoms. The van der Waals surface area contributed by atoms with E-state index in [0.29, 0.717) is 5.78 Å². The lowest BCUT2D eigenvalue weighted by molar-refractivity contribution is -0.125. The molecule has 64 valence electrons. The van der Waals surface area contributed by atoms with Gasteiger partial charge in [0.15, 0.2) is 0 Å². The van der Waals surface area contributed by atoms with E-state index in [1.54, 1.807) is 0 Å². The van der Waals surface area contributed by atoms with Gasteiger partial charge in [0.25, 0.3) is 0 Å². The third-order valence-corrected chi connectivity index (χ3v) is 3.29. The molecule has 0 aromatic rings. The molecule has 1 aliphatic carbocycles. The van der Waals surface area contributed by atoms with Gasteiger partial charge in [0, 0.05) is 17.6 Å². The van der Waals surface area contributed by atoms with E-state index >= 15 is 0 Å². The van der Waals surface area contributed by atoms with Crippen LogP contribution in [0.25, 0.3) is 0 Å². The van der Waals surface area contributed by atoms with Crippen molar-refractivity contribution in [3.8, 4) is 0 Å². The van der Waals surface area contributed by atoms with Gasteiger partial charge < -0.3 is 0 Å². The Balaban J connectivity index is 2.65. The summed E-state index contributed by atoms with van der Waals surface area (Å²) in [7, 11) is 0. The van der Waals surface area contributed by atoms with Gasteiger partial charge in [0.1, 0.15) is 5.78 Å². The molecular formula is C9H16OS. The topological polar surface area (TPSA) is 17.1 Å². The van der Waals surface area contributed by atoms with Crippen LogP contribution in [0.1, 0.15) is 39.0 Å². The minimum atomic E-state index is -0.0299. The quantitative estimate of drug-likeness (QED) is 0.647. The van der Waals surface area contributed by atoms with Crippen LogP contribution in [0.15, 0.2) is 0 Å². The first-order chi connectivity index (χ1) is 5.25. The number of thiol groups is 1. The van der Waals surface area contributed by atoms with Gasteiger partial charge in [-0.1, -0.05) is 13.3 Å². The van der Waals surface area contributed by atoms with Crippen LogP contribution in [0.4, 0.5) is 0 Å². The third kappa shape index (κ3) is 1.61. The molecule has 1 rings (SSSR count). The Hall–Kier alpha value is 0.0200. The second kappa shape index (κ2) is 3.61. The van der Waals surface area contributed by atoms with Crippen molar-refractivity contribution in [2.75, 3.05) is 5.75 Å². The number of hydrogen-bond donors (Lipinski definition) is 1. The van der Waals surface area contributed by atoms with Gasteiger partial charge in [-0.2, -0.15) is 12.6 Å². The van der Waals surface area contributed by atoms with Crippen molar-refractivity contribution in [1.82, 2.24) is 0 Å². The summed E-state index contributed by atoms with van der Waals surface area (Å²) >= 11 is 4.27. The van der Waals surface area contributed by atoms with Crippen molar-refractivity contribution in [3.63, 3.8) is 0 Å². The van der Waals surface area contributed by atoms with Crippen molar-refractivity contribution in [1.29, 1.82) is 0 Å². The van der Waals surface area contributed by atoms with E-state index in [1.165, 1.54) is 0 Å². The number of Topliss-reactive ketones (excluding diaryl/α,β-unsaturated/α-hetero) is 1. The molecule has 0 N–H and O–H groups in total. The fourth-order valence-electron chi connectivity index (χ4n) is 1.98. The van der Waals surface area contributed by atoms with E-state index in [-0.39, 0.29) is 5.41 Å². The fourth-order valence-corrected chi connectivity index (χ4v) is 2.47. The fraction of sp³-hybridized carbons (Fsp3) is 0.889. The Labute approximate surface area is 74.0 Å². The molecule has 1 fully saturated rings. The van der Waals surface area contributed by atoms with Gasteiger partial charge >= 0.3 is 0 Å². The highest BCUT2D eigenvalue weighted by atomic mass is 32.1.